The zero-order valence-electron chi connectivity index (χ0n) is 14.1. The Morgan fingerprint density at radius 3 is 2.12 bits per heavy atom. The molecule has 0 radical (unpaired) electrons. The Morgan fingerprint density at radius 2 is 1.46 bits per heavy atom. The molecule has 0 saturated carbocycles. The summed E-state index contributed by atoms with van der Waals surface area (Å²) in [5.41, 5.74) is 1.04. The zero-order chi connectivity index (χ0) is 17.6. The molecule has 0 N–H and O–H groups in total. The highest BCUT2D eigenvalue weighted by Crippen LogP contribution is 2.23. The number of nitrogens with zero attached hydrogens (tertiary/aromatic N) is 4. The minimum absolute atomic E-state index is 0.126. The largest absolute Gasteiger partial charge is 0.457 e. The molecule has 5 heteroatoms. The maximum absolute atomic E-state index is 5.90. The van der Waals surface area contributed by atoms with E-state index in [-0.39, 0.29) is 6.17 Å². The van der Waals surface area contributed by atoms with E-state index in [1.807, 2.05) is 94.6 Å². The van der Waals surface area contributed by atoms with E-state index in [9.17, 15) is 0 Å². The number of rotatable bonds is 6. The number of aromatic nitrogens is 4. The van der Waals surface area contributed by atoms with Crippen molar-refractivity contribution in [2.45, 2.75) is 6.17 Å². The van der Waals surface area contributed by atoms with Crippen LogP contribution in [0.5, 0.6) is 11.5 Å². The van der Waals surface area contributed by atoms with E-state index in [0.717, 1.165) is 17.1 Å². The summed E-state index contributed by atoms with van der Waals surface area (Å²) in [4.78, 5) is 0. The highest BCUT2D eigenvalue weighted by molar-refractivity contribution is 5.52. The number of para-hydroxylation sites is 1. The third kappa shape index (κ3) is 3.72. The van der Waals surface area contributed by atoms with Crippen LogP contribution in [0.4, 0.5) is 0 Å². The first kappa shape index (κ1) is 15.9. The second kappa shape index (κ2) is 7.53. The minimum Gasteiger partial charge on any atom is -0.457 e. The van der Waals surface area contributed by atoms with Crippen molar-refractivity contribution in [3.05, 3.63) is 103 Å². The smallest absolute Gasteiger partial charge is 0.162 e. The number of ether oxygens (including phenoxy) is 1. The van der Waals surface area contributed by atoms with Crippen molar-refractivity contribution in [1.29, 1.82) is 0 Å². The monoisotopic (exact) mass is 342 g/mol. The molecule has 0 amide bonds. The molecule has 4 rings (SSSR count). The molecule has 26 heavy (non-hydrogen) atoms. The highest BCUT2D eigenvalue weighted by atomic mass is 16.5. The van der Waals surface area contributed by atoms with Crippen LogP contribution < -0.4 is 4.74 Å². The van der Waals surface area contributed by atoms with Gasteiger partial charge in [0.2, 0.25) is 0 Å². The van der Waals surface area contributed by atoms with Crippen molar-refractivity contribution in [3.8, 4) is 11.5 Å². The predicted octanol–water partition coefficient (Wildman–Crippen LogP) is 4.63. The highest BCUT2D eigenvalue weighted by Gasteiger charge is 2.09. The van der Waals surface area contributed by atoms with Crippen molar-refractivity contribution in [1.82, 2.24) is 19.6 Å². The molecule has 2 heterocycles. The van der Waals surface area contributed by atoms with Gasteiger partial charge in [-0.1, -0.05) is 36.4 Å². The Morgan fingerprint density at radius 1 is 0.769 bits per heavy atom. The predicted molar refractivity (Wildman–Crippen MR) is 101 cm³/mol. The molecule has 2 aromatic heterocycles. The Balaban J connectivity index is 1.56. The lowest BCUT2D eigenvalue weighted by Crippen LogP contribution is -2.16. The van der Waals surface area contributed by atoms with E-state index in [4.69, 9.17) is 4.74 Å². The third-order valence-corrected chi connectivity index (χ3v) is 3.89. The SMILES string of the molecule is C(=C\C(n1cccn1)n1cccn1)/c1cccc(Oc2ccccc2)c1. The molecule has 5 nitrogen and oxygen atoms in total. The van der Waals surface area contributed by atoms with Gasteiger partial charge in [-0.3, -0.25) is 0 Å². The van der Waals surface area contributed by atoms with Crippen molar-refractivity contribution < 1.29 is 4.74 Å². The van der Waals surface area contributed by atoms with Gasteiger partial charge in [0.05, 0.1) is 0 Å². The van der Waals surface area contributed by atoms with E-state index in [1.54, 1.807) is 12.4 Å². The van der Waals surface area contributed by atoms with Crippen molar-refractivity contribution in [2.24, 2.45) is 0 Å². The van der Waals surface area contributed by atoms with Crippen molar-refractivity contribution >= 4 is 6.08 Å². The van der Waals surface area contributed by atoms with E-state index < -0.39 is 0 Å². The minimum atomic E-state index is -0.126. The molecule has 0 aliphatic carbocycles. The Hall–Kier alpha value is -3.60. The van der Waals surface area contributed by atoms with E-state index in [0.29, 0.717) is 0 Å². The molecule has 0 spiro atoms. The van der Waals surface area contributed by atoms with Gasteiger partial charge in [-0.05, 0) is 48.0 Å². The second-order valence-corrected chi connectivity index (χ2v) is 5.73. The van der Waals surface area contributed by atoms with E-state index in [2.05, 4.69) is 16.3 Å². The quantitative estimate of drug-likeness (QED) is 0.513. The lowest BCUT2D eigenvalue weighted by molar-refractivity contribution is 0.433. The first-order valence-corrected chi connectivity index (χ1v) is 8.38. The lowest BCUT2D eigenvalue weighted by atomic mass is 10.2. The Bertz CT molecular complexity index is 926. The van der Waals surface area contributed by atoms with Crippen LogP contribution in [0.3, 0.4) is 0 Å². The van der Waals surface area contributed by atoms with Crippen LogP contribution in [-0.4, -0.2) is 19.6 Å². The number of benzene rings is 2. The van der Waals surface area contributed by atoms with Gasteiger partial charge < -0.3 is 4.74 Å². The lowest BCUT2D eigenvalue weighted by Gasteiger charge is -2.14. The summed E-state index contributed by atoms with van der Waals surface area (Å²) in [5, 5.41) is 8.68. The molecular weight excluding hydrogens is 324 g/mol. The van der Waals surface area contributed by atoms with Gasteiger partial charge in [-0.15, -0.1) is 0 Å². The first-order valence-electron chi connectivity index (χ1n) is 8.38. The maximum atomic E-state index is 5.90. The van der Waals surface area contributed by atoms with Crippen LogP contribution in [0.2, 0.25) is 0 Å². The molecule has 0 aliphatic heterocycles. The van der Waals surface area contributed by atoms with Crippen molar-refractivity contribution in [3.63, 3.8) is 0 Å². The molecule has 0 aliphatic rings. The molecule has 0 unspecified atom stereocenters. The summed E-state index contributed by atoms with van der Waals surface area (Å²) in [6.45, 7) is 0. The summed E-state index contributed by atoms with van der Waals surface area (Å²) in [6, 6.07) is 21.5. The van der Waals surface area contributed by atoms with Gasteiger partial charge in [0.1, 0.15) is 11.5 Å². The average molecular weight is 342 g/mol. The van der Waals surface area contributed by atoms with E-state index in [1.165, 1.54) is 0 Å². The average Bonchev–Trinajstić information content (AvgIpc) is 3.38. The van der Waals surface area contributed by atoms with Crippen LogP contribution in [0.15, 0.2) is 97.6 Å². The van der Waals surface area contributed by atoms with Crippen LogP contribution in [0, 0.1) is 0 Å². The number of allylic oxidation sites excluding steroid dienone is 1. The molecule has 0 atom stereocenters. The molecule has 0 fully saturated rings. The van der Waals surface area contributed by atoms with Crippen LogP contribution in [0.1, 0.15) is 11.7 Å². The summed E-state index contributed by atoms with van der Waals surface area (Å²) < 4.78 is 9.61. The van der Waals surface area contributed by atoms with Crippen LogP contribution in [-0.2, 0) is 0 Å². The standard InChI is InChI=1S/C21H18N4O/c1-2-8-19(9-3-1)26-20-10-4-7-18(17-20)11-12-21(24-15-5-13-22-24)25-16-6-14-23-25/h1-17,21H/b12-11+. The van der Waals surface area contributed by atoms with Gasteiger partial charge in [-0.2, -0.15) is 10.2 Å². The second-order valence-electron chi connectivity index (χ2n) is 5.73. The summed E-state index contributed by atoms with van der Waals surface area (Å²) in [6.07, 6.45) is 11.3. The summed E-state index contributed by atoms with van der Waals surface area (Å²) in [5.74, 6) is 1.62. The van der Waals surface area contributed by atoms with Gasteiger partial charge >= 0.3 is 0 Å². The normalized spacial score (nSPS) is 11.3. The van der Waals surface area contributed by atoms with Gasteiger partial charge in [-0.25, -0.2) is 9.36 Å². The van der Waals surface area contributed by atoms with Gasteiger partial charge in [0, 0.05) is 24.8 Å². The van der Waals surface area contributed by atoms with Crippen LogP contribution >= 0.6 is 0 Å². The zero-order valence-corrected chi connectivity index (χ0v) is 14.1. The fraction of sp³-hybridized carbons (Fsp3) is 0.0476. The maximum Gasteiger partial charge on any atom is 0.162 e. The Labute approximate surface area is 151 Å². The fourth-order valence-corrected chi connectivity index (χ4v) is 2.68. The topological polar surface area (TPSA) is 44.9 Å². The third-order valence-electron chi connectivity index (χ3n) is 3.89. The number of hydrogen-bond donors (Lipinski definition) is 0. The molecule has 128 valence electrons. The van der Waals surface area contributed by atoms with E-state index >= 15 is 0 Å². The molecule has 0 bridgehead atoms. The molecule has 0 saturated heterocycles. The summed E-state index contributed by atoms with van der Waals surface area (Å²) in [7, 11) is 0. The molecule has 2 aromatic carbocycles. The van der Waals surface area contributed by atoms with Crippen LogP contribution in [0.25, 0.3) is 6.08 Å². The van der Waals surface area contributed by atoms with Gasteiger partial charge in [0.15, 0.2) is 6.17 Å². The fourth-order valence-electron chi connectivity index (χ4n) is 2.68. The number of hydrogen-bond acceptors (Lipinski definition) is 3. The molecule has 4 aromatic rings. The first-order chi connectivity index (χ1) is 12.9. The molecular formula is C21H18N4O. The van der Waals surface area contributed by atoms with Gasteiger partial charge in [0.25, 0.3) is 0 Å². The summed E-state index contributed by atoms with van der Waals surface area (Å²) >= 11 is 0. The Kier molecular flexibility index (Phi) is 4.60. The van der Waals surface area contributed by atoms with Crippen molar-refractivity contribution in [2.75, 3.05) is 0 Å².